The predicted octanol–water partition coefficient (Wildman–Crippen LogP) is 3.34. The number of rotatable bonds is 9. The van der Waals surface area contributed by atoms with Gasteiger partial charge in [-0.3, -0.25) is 9.59 Å². The zero-order chi connectivity index (χ0) is 23.3. The minimum atomic E-state index is -4.39. The van der Waals surface area contributed by atoms with Crippen LogP contribution in [0.3, 0.4) is 0 Å². The van der Waals surface area contributed by atoms with Gasteiger partial charge in [0.2, 0.25) is 11.8 Å². The lowest BCUT2D eigenvalue weighted by molar-refractivity contribution is -0.137. The molecule has 3 N–H and O–H groups in total. The Morgan fingerprint density at radius 2 is 2.00 bits per heavy atom. The van der Waals surface area contributed by atoms with Crippen LogP contribution in [0.15, 0.2) is 40.2 Å². The van der Waals surface area contributed by atoms with E-state index >= 15 is 0 Å². The van der Waals surface area contributed by atoms with Crippen LogP contribution in [-0.2, 0) is 28.7 Å². The number of aromatic nitrogens is 4. The van der Waals surface area contributed by atoms with Gasteiger partial charge in [-0.2, -0.15) is 13.2 Å². The molecular weight excluding hydrogens is 465 g/mol. The Labute approximate surface area is 189 Å². The van der Waals surface area contributed by atoms with Gasteiger partial charge in [0, 0.05) is 5.38 Å². The van der Waals surface area contributed by atoms with Crippen LogP contribution in [0.1, 0.15) is 30.2 Å². The van der Waals surface area contributed by atoms with E-state index in [0.717, 1.165) is 12.1 Å². The number of hydrogen-bond acceptors (Lipinski definition) is 7. The highest BCUT2D eigenvalue weighted by atomic mass is 32.2. The first kappa shape index (κ1) is 23.7. The number of carbonyl (C=O) groups is 2. The normalized spacial score (nSPS) is 12.5. The number of benzene rings is 1. The highest BCUT2D eigenvalue weighted by molar-refractivity contribution is 8.02. The van der Waals surface area contributed by atoms with Crippen molar-refractivity contribution in [2.75, 3.05) is 5.32 Å². The second-order valence-electron chi connectivity index (χ2n) is 6.74. The summed E-state index contributed by atoms with van der Waals surface area (Å²) < 4.78 is 40.0. The lowest BCUT2D eigenvalue weighted by Gasteiger charge is -2.07. The molecule has 0 aliphatic heterocycles. The van der Waals surface area contributed by atoms with Gasteiger partial charge in [-0.1, -0.05) is 36.0 Å². The first-order chi connectivity index (χ1) is 15.1. The third-order valence-electron chi connectivity index (χ3n) is 4.24. The molecule has 0 spiro atoms. The fourth-order valence-corrected chi connectivity index (χ4v) is 4.61. The Kier molecular flexibility index (Phi) is 7.51. The highest BCUT2D eigenvalue weighted by Crippen LogP contribution is 2.29. The van der Waals surface area contributed by atoms with Crippen molar-refractivity contribution in [2.45, 2.75) is 42.1 Å². The van der Waals surface area contributed by atoms with Crippen LogP contribution in [0.2, 0.25) is 0 Å². The third-order valence-corrected chi connectivity index (χ3v) is 6.64. The number of halogens is 3. The SMILES string of the molecule is CCC(Sc1nc(CC(=O)Nc2cn(Cc3ccc(C(F)(F)F)cc3)nn2)cs1)C(N)=O. The van der Waals surface area contributed by atoms with Crippen LogP contribution in [0, 0.1) is 0 Å². The largest absolute Gasteiger partial charge is 0.416 e. The van der Waals surface area contributed by atoms with E-state index in [1.807, 2.05) is 6.92 Å². The molecule has 0 fully saturated rings. The van der Waals surface area contributed by atoms with Gasteiger partial charge < -0.3 is 11.1 Å². The van der Waals surface area contributed by atoms with E-state index in [2.05, 4.69) is 20.6 Å². The smallest absolute Gasteiger partial charge is 0.369 e. The van der Waals surface area contributed by atoms with Gasteiger partial charge in [-0.25, -0.2) is 9.67 Å². The number of carbonyl (C=O) groups excluding carboxylic acids is 2. The molecule has 0 saturated carbocycles. The van der Waals surface area contributed by atoms with E-state index < -0.39 is 17.6 Å². The molecule has 8 nitrogen and oxygen atoms in total. The molecule has 2 aromatic heterocycles. The number of primary amides is 1. The molecule has 0 aliphatic rings. The Bertz CT molecular complexity index is 1080. The summed E-state index contributed by atoms with van der Waals surface area (Å²) in [5, 5.41) is 11.7. The van der Waals surface area contributed by atoms with Gasteiger partial charge in [0.15, 0.2) is 10.2 Å². The van der Waals surface area contributed by atoms with E-state index in [9.17, 15) is 22.8 Å². The van der Waals surface area contributed by atoms with Gasteiger partial charge >= 0.3 is 6.18 Å². The van der Waals surface area contributed by atoms with Crippen molar-refractivity contribution in [1.29, 1.82) is 0 Å². The molecule has 2 amide bonds. The Morgan fingerprint density at radius 3 is 2.62 bits per heavy atom. The van der Waals surface area contributed by atoms with Gasteiger partial charge in [0.05, 0.1) is 35.7 Å². The third kappa shape index (κ3) is 6.53. The molecule has 3 rings (SSSR count). The van der Waals surface area contributed by atoms with Crippen molar-refractivity contribution in [2.24, 2.45) is 5.73 Å². The summed E-state index contributed by atoms with van der Waals surface area (Å²) in [6.07, 6.45) is -2.32. The lowest BCUT2D eigenvalue weighted by Crippen LogP contribution is -2.24. The summed E-state index contributed by atoms with van der Waals surface area (Å²) in [5.74, 6) is -0.548. The number of alkyl halides is 3. The van der Waals surface area contributed by atoms with E-state index in [1.165, 1.54) is 46.1 Å². The quantitative estimate of drug-likeness (QED) is 0.450. The second kappa shape index (κ2) is 10.1. The van der Waals surface area contributed by atoms with Crippen LogP contribution < -0.4 is 11.1 Å². The summed E-state index contributed by atoms with van der Waals surface area (Å²) >= 11 is 2.60. The molecule has 1 aromatic carbocycles. The van der Waals surface area contributed by atoms with Crippen LogP contribution in [-0.4, -0.2) is 37.0 Å². The van der Waals surface area contributed by atoms with Crippen LogP contribution in [0.25, 0.3) is 0 Å². The monoisotopic (exact) mass is 484 g/mol. The maximum atomic E-state index is 12.6. The summed E-state index contributed by atoms with van der Waals surface area (Å²) in [7, 11) is 0. The molecule has 1 unspecified atom stereocenters. The fourth-order valence-electron chi connectivity index (χ4n) is 2.66. The van der Waals surface area contributed by atoms with Crippen LogP contribution in [0.5, 0.6) is 0 Å². The predicted molar refractivity (Wildman–Crippen MR) is 114 cm³/mol. The highest BCUT2D eigenvalue weighted by Gasteiger charge is 2.29. The molecule has 0 bridgehead atoms. The second-order valence-corrected chi connectivity index (χ2v) is 9.05. The van der Waals surface area contributed by atoms with E-state index in [-0.39, 0.29) is 29.9 Å². The number of thioether (sulfide) groups is 1. The van der Waals surface area contributed by atoms with Gasteiger partial charge in [-0.05, 0) is 24.1 Å². The Morgan fingerprint density at radius 1 is 1.28 bits per heavy atom. The number of nitrogens with zero attached hydrogens (tertiary/aromatic N) is 4. The average molecular weight is 485 g/mol. The number of thiazole rings is 1. The van der Waals surface area contributed by atoms with Gasteiger partial charge in [0.25, 0.3) is 0 Å². The molecule has 0 radical (unpaired) electrons. The van der Waals surface area contributed by atoms with E-state index in [4.69, 9.17) is 5.73 Å². The molecule has 13 heteroatoms. The van der Waals surface area contributed by atoms with E-state index in [1.54, 1.807) is 5.38 Å². The molecular formula is C19H19F3N6O2S2. The topological polar surface area (TPSA) is 116 Å². The molecule has 0 saturated heterocycles. The molecule has 1 atom stereocenters. The lowest BCUT2D eigenvalue weighted by atomic mass is 10.1. The summed E-state index contributed by atoms with van der Waals surface area (Å²) in [4.78, 5) is 28.0. The fraction of sp³-hybridized carbons (Fsp3) is 0.316. The van der Waals surface area contributed by atoms with Crippen molar-refractivity contribution in [3.63, 3.8) is 0 Å². The van der Waals surface area contributed by atoms with E-state index in [0.29, 0.717) is 22.0 Å². The number of nitrogens with two attached hydrogens (primary N) is 1. The first-order valence-corrected chi connectivity index (χ1v) is 11.2. The van der Waals surface area contributed by atoms with Crippen LogP contribution >= 0.6 is 23.1 Å². The van der Waals surface area contributed by atoms with Crippen molar-refractivity contribution in [1.82, 2.24) is 20.0 Å². The summed E-state index contributed by atoms with van der Waals surface area (Å²) in [6.45, 7) is 2.06. The molecule has 2 heterocycles. The molecule has 170 valence electrons. The number of anilines is 1. The number of nitrogens with one attached hydrogen (secondary N) is 1. The standard InChI is InChI=1S/C19H19F3N6O2S2/c1-2-14(17(23)30)32-18-24-13(10-31-18)7-16(29)25-15-9-28(27-26-15)8-11-3-5-12(6-4-11)19(20,21)22/h3-6,9-10,14H,2,7-8H2,1H3,(H2,23,30)(H,25,29). The van der Waals surface area contributed by atoms with Crippen molar-refractivity contribution in [3.05, 3.63) is 52.7 Å². The zero-order valence-corrected chi connectivity index (χ0v) is 18.4. The minimum absolute atomic E-state index is 0.0101. The van der Waals surface area contributed by atoms with Crippen molar-refractivity contribution in [3.8, 4) is 0 Å². The van der Waals surface area contributed by atoms with Gasteiger partial charge in [-0.15, -0.1) is 16.4 Å². The van der Waals surface area contributed by atoms with Gasteiger partial charge in [0.1, 0.15) is 0 Å². The zero-order valence-electron chi connectivity index (χ0n) is 16.8. The summed E-state index contributed by atoms with van der Waals surface area (Å²) in [6, 6.07) is 4.73. The first-order valence-electron chi connectivity index (χ1n) is 9.40. The molecule has 32 heavy (non-hydrogen) atoms. The Hall–Kier alpha value is -2.93. The Balaban J connectivity index is 1.53. The minimum Gasteiger partial charge on any atom is -0.369 e. The van der Waals surface area contributed by atoms with Crippen molar-refractivity contribution < 1.29 is 22.8 Å². The maximum absolute atomic E-state index is 12.6. The number of amides is 2. The summed E-state index contributed by atoms with van der Waals surface area (Å²) in [5.41, 5.74) is 5.76. The van der Waals surface area contributed by atoms with Crippen molar-refractivity contribution >= 4 is 40.7 Å². The average Bonchev–Trinajstić information content (AvgIpc) is 3.34. The molecule has 0 aliphatic carbocycles. The maximum Gasteiger partial charge on any atom is 0.416 e. The van der Waals surface area contributed by atoms with Crippen LogP contribution in [0.4, 0.5) is 19.0 Å². The molecule has 3 aromatic rings. The number of hydrogen-bond donors (Lipinski definition) is 2.